The van der Waals surface area contributed by atoms with Crippen LogP contribution in [0.4, 0.5) is 0 Å². The van der Waals surface area contributed by atoms with Crippen molar-refractivity contribution in [2.45, 2.75) is 75.4 Å². The first-order chi connectivity index (χ1) is 12.7. The van der Waals surface area contributed by atoms with Gasteiger partial charge in [0, 0.05) is 16.6 Å². The van der Waals surface area contributed by atoms with E-state index in [0.29, 0.717) is 12.2 Å². The van der Waals surface area contributed by atoms with Crippen LogP contribution in [0.25, 0.3) is 0 Å². The molecule has 0 saturated heterocycles. The van der Waals surface area contributed by atoms with Gasteiger partial charge in [-0.15, -0.1) is 0 Å². The zero-order valence-electron chi connectivity index (χ0n) is 17.5. The minimum absolute atomic E-state index is 0.0447. The lowest BCUT2D eigenvalue weighted by atomic mass is 9.87. The standard InChI is InChI=1S/C22H35NO3S/c1-22(2,3)18-12-10-17(11-13-18)16-27(25)20-9-7-6-8-19(20)26-21(24)14-15-23(4)5/h10-13,19-20H,6-9,14-16H2,1-5H3/p+1/t19-,20+,27-/m0/s1. The molecule has 4 nitrogen and oxygen atoms in total. The molecule has 0 heterocycles. The van der Waals surface area contributed by atoms with Crippen molar-refractivity contribution in [3.63, 3.8) is 0 Å². The third-order valence-corrected chi connectivity index (χ3v) is 7.05. The van der Waals surface area contributed by atoms with Crippen molar-refractivity contribution < 1.29 is 18.6 Å². The van der Waals surface area contributed by atoms with E-state index in [0.717, 1.165) is 37.8 Å². The van der Waals surface area contributed by atoms with E-state index in [4.69, 9.17) is 4.74 Å². The molecule has 1 N–H and O–H groups in total. The fourth-order valence-corrected chi connectivity index (χ4v) is 5.15. The Hall–Kier alpha value is -1.20. The van der Waals surface area contributed by atoms with Gasteiger partial charge in [-0.1, -0.05) is 51.5 Å². The minimum Gasteiger partial charge on any atom is -0.461 e. The number of hydrogen-bond acceptors (Lipinski definition) is 3. The maximum absolute atomic E-state index is 13.0. The molecular weight excluding hydrogens is 358 g/mol. The lowest BCUT2D eigenvalue weighted by Gasteiger charge is -2.30. The first kappa shape index (κ1) is 22.1. The van der Waals surface area contributed by atoms with Gasteiger partial charge in [-0.2, -0.15) is 0 Å². The average molecular weight is 395 g/mol. The molecule has 0 unspecified atom stereocenters. The van der Waals surface area contributed by atoms with E-state index in [1.54, 1.807) is 0 Å². The summed E-state index contributed by atoms with van der Waals surface area (Å²) in [7, 11) is 3.02. The molecule has 0 spiro atoms. The Kier molecular flexibility index (Phi) is 8.04. The molecule has 1 saturated carbocycles. The lowest BCUT2D eigenvalue weighted by molar-refractivity contribution is -0.857. The lowest BCUT2D eigenvalue weighted by Crippen LogP contribution is -3.05. The summed E-state index contributed by atoms with van der Waals surface area (Å²) in [5, 5.41) is -0.0447. The van der Waals surface area contributed by atoms with Crippen LogP contribution in [0.2, 0.25) is 0 Å². The highest BCUT2D eigenvalue weighted by Gasteiger charge is 2.32. The van der Waals surface area contributed by atoms with Gasteiger partial charge in [0.1, 0.15) is 6.10 Å². The van der Waals surface area contributed by atoms with E-state index < -0.39 is 10.8 Å². The van der Waals surface area contributed by atoms with E-state index in [9.17, 15) is 9.00 Å². The smallest absolute Gasteiger partial charge is 0.311 e. The highest BCUT2D eigenvalue weighted by Crippen LogP contribution is 2.28. The number of hydrogen-bond donors (Lipinski definition) is 1. The van der Waals surface area contributed by atoms with Crippen LogP contribution in [0.1, 0.15) is 64.0 Å². The van der Waals surface area contributed by atoms with Gasteiger partial charge in [0.2, 0.25) is 0 Å². The van der Waals surface area contributed by atoms with Crippen LogP contribution in [-0.2, 0) is 31.5 Å². The van der Waals surface area contributed by atoms with E-state index in [2.05, 4.69) is 45.0 Å². The summed E-state index contributed by atoms with van der Waals surface area (Å²) in [6.07, 6.45) is 4.05. The molecule has 1 fully saturated rings. The number of rotatable bonds is 7. The topological polar surface area (TPSA) is 47.8 Å². The van der Waals surface area contributed by atoms with E-state index in [-0.39, 0.29) is 22.7 Å². The van der Waals surface area contributed by atoms with Gasteiger partial charge >= 0.3 is 5.97 Å². The second-order valence-corrected chi connectivity index (χ2v) is 10.7. The van der Waals surface area contributed by atoms with Crippen molar-refractivity contribution in [1.82, 2.24) is 0 Å². The zero-order valence-corrected chi connectivity index (χ0v) is 18.4. The van der Waals surface area contributed by atoms with Crippen LogP contribution < -0.4 is 4.90 Å². The van der Waals surface area contributed by atoms with Gasteiger partial charge in [0.25, 0.3) is 0 Å². The highest BCUT2D eigenvalue weighted by molar-refractivity contribution is 7.84. The third-order valence-electron chi connectivity index (χ3n) is 5.22. The number of benzene rings is 1. The van der Waals surface area contributed by atoms with Crippen molar-refractivity contribution in [2.75, 3.05) is 20.6 Å². The SMILES string of the molecule is C[NH+](C)CCC(=O)O[C@H]1CCCC[C@H]1[S@@](=O)Cc1ccc(C(C)(C)C)cc1. The third kappa shape index (κ3) is 7.04. The zero-order chi connectivity index (χ0) is 20.0. The van der Waals surface area contributed by atoms with Crippen molar-refractivity contribution >= 4 is 16.8 Å². The molecule has 0 radical (unpaired) electrons. The van der Waals surface area contributed by atoms with Crippen molar-refractivity contribution in [3.8, 4) is 0 Å². The number of quaternary nitrogens is 1. The predicted molar refractivity (Wildman–Crippen MR) is 111 cm³/mol. The molecule has 0 amide bonds. The molecule has 3 atom stereocenters. The number of nitrogens with one attached hydrogen (secondary N) is 1. The van der Waals surface area contributed by atoms with Crippen LogP contribution in [0.15, 0.2) is 24.3 Å². The second-order valence-electron chi connectivity index (χ2n) is 9.03. The van der Waals surface area contributed by atoms with Crippen molar-refractivity contribution in [1.29, 1.82) is 0 Å². The summed E-state index contributed by atoms with van der Waals surface area (Å²) in [5.41, 5.74) is 2.49. The Labute approximate surface area is 167 Å². The van der Waals surface area contributed by atoms with Gasteiger partial charge in [0.15, 0.2) is 0 Å². The van der Waals surface area contributed by atoms with Gasteiger partial charge in [0.05, 0.1) is 32.3 Å². The van der Waals surface area contributed by atoms with Gasteiger partial charge in [-0.25, -0.2) is 0 Å². The Morgan fingerprint density at radius 3 is 2.37 bits per heavy atom. The molecule has 0 aliphatic heterocycles. The Morgan fingerprint density at radius 1 is 1.15 bits per heavy atom. The van der Waals surface area contributed by atoms with Gasteiger partial charge in [-0.05, 0) is 35.8 Å². The van der Waals surface area contributed by atoms with Crippen LogP contribution in [0.3, 0.4) is 0 Å². The van der Waals surface area contributed by atoms with Crippen molar-refractivity contribution in [3.05, 3.63) is 35.4 Å². The monoisotopic (exact) mass is 394 g/mol. The molecule has 1 aromatic rings. The Balaban J connectivity index is 1.97. The molecule has 1 aliphatic carbocycles. The fourth-order valence-electron chi connectivity index (χ4n) is 3.45. The summed E-state index contributed by atoms with van der Waals surface area (Å²) in [6, 6.07) is 8.44. The number of esters is 1. The quantitative estimate of drug-likeness (QED) is 0.723. The maximum Gasteiger partial charge on any atom is 0.311 e. The van der Waals surface area contributed by atoms with Crippen LogP contribution in [-0.4, -0.2) is 42.2 Å². The summed E-state index contributed by atoms with van der Waals surface area (Å²) >= 11 is 0. The molecule has 0 bridgehead atoms. The number of ether oxygens (including phenoxy) is 1. The second kappa shape index (κ2) is 9.83. The summed E-state index contributed by atoms with van der Waals surface area (Å²) in [5.74, 6) is 0.380. The molecule has 0 aromatic heterocycles. The highest BCUT2D eigenvalue weighted by atomic mass is 32.2. The van der Waals surface area contributed by atoms with Gasteiger partial charge in [-0.3, -0.25) is 9.00 Å². The van der Waals surface area contributed by atoms with Crippen LogP contribution in [0, 0.1) is 0 Å². The normalized spacial score (nSPS) is 21.9. The molecule has 1 aromatic carbocycles. The van der Waals surface area contributed by atoms with Gasteiger partial charge < -0.3 is 9.64 Å². The largest absolute Gasteiger partial charge is 0.461 e. The van der Waals surface area contributed by atoms with E-state index >= 15 is 0 Å². The van der Waals surface area contributed by atoms with Crippen LogP contribution in [0.5, 0.6) is 0 Å². The Bertz CT molecular complexity index is 634. The predicted octanol–water partition coefficient (Wildman–Crippen LogP) is 2.62. The van der Waals surface area contributed by atoms with E-state index in [1.165, 1.54) is 10.5 Å². The maximum atomic E-state index is 13.0. The number of carbonyl (C=O) groups is 1. The minimum atomic E-state index is -1.03. The molecule has 27 heavy (non-hydrogen) atoms. The van der Waals surface area contributed by atoms with Crippen LogP contribution >= 0.6 is 0 Å². The first-order valence-electron chi connectivity index (χ1n) is 10.1. The molecule has 152 valence electrons. The fraction of sp³-hybridized carbons (Fsp3) is 0.682. The molecular formula is C22H36NO3S+. The summed E-state index contributed by atoms with van der Waals surface area (Å²) in [4.78, 5) is 13.4. The first-order valence-corrected chi connectivity index (χ1v) is 11.5. The summed E-state index contributed by atoms with van der Waals surface area (Å²) < 4.78 is 18.8. The molecule has 5 heteroatoms. The number of carbonyl (C=O) groups excluding carboxylic acids is 1. The molecule has 1 aliphatic rings. The average Bonchev–Trinajstić information content (AvgIpc) is 2.60. The summed E-state index contributed by atoms with van der Waals surface area (Å²) in [6.45, 7) is 7.34. The Morgan fingerprint density at radius 2 is 1.78 bits per heavy atom. The molecule has 2 rings (SSSR count). The van der Waals surface area contributed by atoms with Crippen molar-refractivity contribution in [2.24, 2.45) is 0 Å². The van der Waals surface area contributed by atoms with E-state index in [1.807, 2.05) is 14.1 Å².